The highest BCUT2D eigenvalue weighted by molar-refractivity contribution is 6.31. The minimum absolute atomic E-state index is 0. The van der Waals surface area contributed by atoms with Crippen LogP contribution in [0, 0.1) is 6.92 Å². The standard InChI is InChI=1S/C14H21ClN2O.ClH/c1-5-17(6-2)11(4)14(18)16-13-9-7-8-12(15)10(13)3;/h7-9,11H,5-6H2,1-4H3,(H,16,18);1H. The van der Waals surface area contributed by atoms with Gasteiger partial charge in [0.1, 0.15) is 0 Å². The lowest BCUT2D eigenvalue weighted by Crippen LogP contribution is -2.41. The fourth-order valence-corrected chi connectivity index (χ4v) is 2.09. The van der Waals surface area contributed by atoms with Gasteiger partial charge < -0.3 is 5.32 Å². The Kier molecular flexibility index (Phi) is 8.07. The van der Waals surface area contributed by atoms with Crippen LogP contribution >= 0.6 is 24.0 Å². The summed E-state index contributed by atoms with van der Waals surface area (Å²) in [6, 6.07) is 5.39. The van der Waals surface area contributed by atoms with E-state index in [1.165, 1.54) is 0 Å². The Morgan fingerprint density at radius 3 is 2.47 bits per heavy atom. The highest BCUT2D eigenvalue weighted by Gasteiger charge is 2.19. The van der Waals surface area contributed by atoms with Gasteiger partial charge in [-0.3, -0.25) is 9.69 Å². The molecule has 1 aromatic carbocycles. The average Bonchev–Trinajstić information content (AvgIpc) is 2.36. The van der Waals surface area contributed by atoms with Gasteiger partial charge in [-0.1, -0.05) is 31.5 Å². The van der Waals surface area contributed by atoms with E-state index in [0.717, 1.165) is 24.3 Å². The molecule has 0 bridgehead atoms. The number of likely N-dealkylation sites (N-methyl/N-ethyl adjacent to an activating group) is 1. The number of halogens is 2. The van der Waals surface area contributed by atoms with Crippen molar-refractivity contribution in [2.24, 2.45) is 0 Å². The molecule has 1 rings (SSSR count). The first-order chi connectivity index (χ1) is 8.51. The SMILES string of the molecule is CCN(CC)C(C)C(=O)Nc1cccc(Cl)c1C.Cl. The number of carbonyl (C=O) groups is 1. The van der Waals surface area contributed by atoms with Crippen molar-refractivity contribution in [1.29, 1.82) is 0 Å². The molecule has 0 radical (unpaired) electrons. The first kappa shape index (κ1) is 18.2. The first-order valence-corrected chi connectivity index (χ1v) is 6.69. The third-order valence-electron chi connectivity index (χ3n) is 3.27. The van der Waals surface area contributed by atoms with Gasteiger partial charge in [-0.25, -0.2) is 0 Å². The molecule has 0 saturated carbocycles. The Morgan fingerprint density at radius 2 is 1.95 bits per heavy atom. The van der Waals surface area contributed by atoms with Gasteiger partial charge in [0.2, 0.25) is 5.91 Å². The van der Waals surface area contributed by atoms with E-state index in [1.807, 2.05) is 32.0 Å². The maximum Gasteiger partial charge on any atom is 0.241 e. The molecule has 0 aliphatic carbocycles. The van der Waals surface area contributed by atoms with Gasteiger partial charge >= 0.3 is 0 Å². The van der Waals surface area contributed by atoms with Gasteiger partial charge in [-0.05, 0) is 44.6 Å². The first-order valence-electron chi connectivity index (χ1n) is 6.31. The maximum atomic E-state index is 12.1. The molecule has 1 unspecified atom stereocenters. The van der Waals surface area contributed by atoms with Gasteiger partial charge in [0.25, 0.3) is 0 Å². The van der Waals surface area contributed by atoms with Crippen LogP contribution in [0.1, 0.15) is 26.3 Å². The minimum Gasteiger partial charge on any atom is -0.324 e. The van der Waals surface area contributed by atoms with Crippen molar-refractivity contribution in [2.75, 3.05) is 18.4 Å². The van der Waals surface area contributed by atoms with Crippen LogP contribution in [0.4, 0.5) is 5.69 Å². The molecule has 0 fully saturated rings. The molecule has 0 aliphatic heterocycles. The van der Waals surface area contributed by atoms with E-state index in [0.29, 0.717) is 5.02 Å². The second kappa shape index (κ2) is 8.41. The number of hydrogen-bond donors (Lipinski definition) is 1. The number of nitrogens with one attached hydrogen (secondary N) is 1. The summed E-state index contributed by atoms with van der Waals surface area (Å²) in [5, 5.41) is 3.60. The van der Waals surface area contributed by atoms with Crippen LogP contribution in [0.15, 0.2) is 18.2 Å². The van der Waals surface area contributed by atoms with E-state index in [9.17, 15) is 4.79 Å². The summed E-state index contributed by atoms with van der Waals surface area (Å²) in [5.41, 5.74) is 1.69. The van der Waals surface area contributed by atoms with Crippen molar-refractivity contribution < 1.29 is 4.79 Å². The van der Waals surface area contributed by atoms with E-state index >= 15 is 0 Å². The topological polar surface area (TPSA) is 32.3 Å². The molecule has 0 spiro atoms. The van der Waals surface area contributed by atoms with E-state index in [2.05, 4.69) is 24.1 Å². The van der Waals surface area contributed by atoms with Crippen molar-refractivity contribution in [3.05, 3.63) is 28.8 Å². The number of benzene rings is 1. The summed E-state index contributed by atoms with van der Waals surface area (Å²) >= 11 is 6.03. The summed E-state index contributed by atoms with van der Waals surface area (Å²) in [6.07, 6.45) is 0. The lowest BCUT2D eigenvalue weighted by Gasteiger charge is -2.25. The lowest BCUT2D eigenvalue weighted by atomic mass is 10.2. The highest BCUT2D eigenvalue weighted by atomic mass is 35.5. The number of rotatable bonds is 5. The molecule has 0 heterocycles. The fraction of sp³-hybridized carbons (Fsp3) is 0.500. The summed E-state index contributed by atoms with van der Waals surface area (Å²) in [6.45, 7) is 9.65. The molecule has 108 valence electrons. The summed E-state index contributed by atoms with van der Waals surface area (Å²) in [5.74, 6) is 0.00377. The second-order valence-electron chi connectivity index (χ2n) is 4.30. The average molecular weight is 305 g/mol. The lowest BCUT2D eigenvalue weighted by molar-refractivity contribution is -0.120. The Balaban J connectivity index is 0.00000324. The summed E-state index contributed by atoms with van der Waals surface area (Å²) in [4.78, 5) is 14.2. The molecule has 1 N–H and O–H groups in total. The van der Waals surface area contributed by atoms with Crippen LogP contribution in [0.2, 0.25) is 5.02 Å². The van der Waals surface area contributed by atoms with Crippen LogP contribution in [0.25, 0.3) is 0 Å². The zero-order valence-corrected chi connectivity index (χ0v) is 13.4. The fourth-order valence-electron chi connectivity index (χ4n) is 1.92. The third-order valence-corrected chi connectivity index (χ3v) is 3.67. The van der Waals surface area contributed by atoms with Gasteiger partial charge in [0.05, 0.1) is 6.04 Å². The number of hydrogen-bond acceptors (Lipinski definition) is 2. The Bertz CT molecular complexity index is 420. The van der Waals surface area contributed by atoms with Crippen molar-refractivity contribution in [3.63, 3.8) is 0 Å². The Labute approximate surface area is 126 Å². The Morgan fingerprint density at radius 1 is 1.37 bits per heavy atom. The van der Waals surface area contributed by atoms with Gasteiger partial charge in [0.15, 0.2) is 0 Å². The van der Waals surface area contributed by atoms with Gasteiger partial charge in [-0.15, -0.1) is 12.4 Å². The van der Waals surface area contributed by atoms with Crippen LogP contribution in [0.3, 0.4) is 0 Å². The molecule has 5 heteroatoms. The minimum atomic E-state index is -0.140. The van der Waals surface area contributed by atoms with Crippen molar-refractivity contribution >= 4 is 35.6 Å². The van der Waals surface area contributed by atoms with Crippen LogP contribution in [0.5, 0.6) is 0 Å². The summed E-state index contributed by atoms with van der Waals surface area (Å²) < 4.78 is 0. The monoisotopic (exact) mass is 304 g/mol. The predicted octanol–water partition coefficient (Wildman–Crippen LogP) is 3.74. The van der Waals surface area contributed by atoms with Crippen LogP contribution in [-0.4, -0.2) is 29.9 Å². The largest absolute Gasteiger partial charge is 0.324 e. The number of nitrogens with zero attached hydrogens (tertiary/aromatic N) is 1. The third kappa shape index (κ3) is 4.68. The molecule has 1 aromatic rings. The molecular formula is C14H22Cl2N2O. The molecule has 3 nitrogen and oxygen atoms in total. The van der Waals surface area contributed by atoms with E-state index in [-0.39, 0.29) is 24.4 Å². The summed E-state index contributed by atoms with van der Waals surface area (Å²) in [7, 11) is 0. The number of amides is 1. The molecule has 1 atom stereocenters. The quantitative estimate of drug-likeness (QED) is 0.899. The number of anilines is 1. The van der Waals surface area contributed by atoms with Crippen molar-refractivity contribution in [3.8, 4) is 0 Å². The van der Waals surface area contributed by atoms with Crippen molar-refractivity contribution in [1.82, 2.24) is 4.90 Å². The zero-order valence-electron chi connectivity index (χ0n) is 11.9. The smallest absolute Gasteiger partial charge is 0.241 e. The maximum absolute atomic E-state index is 12.1. The normalized spacial score (nSPS) is 11.9. The van der Waals surface area contributed by atoms with Crippen LogP contribution < -0.4 is 5.32 Å². The molecule has 0 aliphatic rings. The zero-order chi connectivity index (χ0) is 13.7. The molecule has 19 heavy (non-hydrogen) atoms. The second-order valence-corrected chi connectivity index (χ2v) is 4.71. The number of carbonyl (C=O) groups excluding carboxylic acids is 1. The molecule has 0 saturated heterocycles. The van der Waals surface area contributed by atoms with E-state index < -0.39 is 0 Å². The van der Waals surface area contributed by atoms with Crippen LogP contribution in [-0.2, 0) is 4.79 Å². The van der Waals surface area contributed by atoms with E-state index in [4.69, 9.17) is 11.6 Å². The molecule has 0 aromatic heterocycles. The highest BCUT2D eigenvalue weighted by Crippen LogP contribution is 2.23. The van der Waals surface area contributed by atoms with Gasteiger partial charge in [-0.2, -0.15) is 0 Å². The van der Waals surface area contributed by atoms with Crippen molar-refractivity contribution in [2.45, 2.75) is 33.7 Å². The predicted molar refractivity (Wildman–Crippen MR) is 84.4 cm³/mol. The Hall–Kier alpha value is -0.770. The van der Waals surface area contributed by atoms with Gasteiger partial charge in [0, 0.05) is 10.7 Å². The molecular weight excluding hydrogens is 283 g/mol. The molecule has 1 amide bonds. The van der Waals surface area contributed by atoms with E-state index in [1.54, 1.807) is 0 Å².